The number of nitro benzene ring substituents is 2. The summed E-state index contributed by atoms with van der Waals surface area (Å²) < 4.78 is 4.90. The zero-order valence-electron chi connectivity index (χ0n) is 11.5. The molecule has 0 heterocycles. The molecule has 0 fully saturated rings. The first kappa shape index (κ1) is 15.0. The summed E-state index contributed by atoms with van der Waals surface area (Å²) in [6, 6.07) is 11.0. The van der Waals surface area contributed by atoms with Crippen LogP contribution in [0.1, 0.15) is 11.1 Å². The molecule has 0 amide bonds. The van der Waals surface area contributed by atoms with E-state index < -0.39 is 21.2 Å². The Kier molecular flexibility index (Phi) is 4.34. The van der Waals surface area contributed by atoms with Crippen molar-refractivity contribution in [2.45, 2.75) is 0 Å². The van der Waals surface area contributed by atoms with Crippen molar-refractivity contribution in [2.24, 2.45) is 0 Å². The van der Waals surface area contributed by atoms with Crippen molar-refractivity contribution in [3.8, 4) is 17.6 Å². The minimum atomic E-state index is -0.735. The number of hydrogen-bond acceptors (Lipinski definition) is 5. The van der Waals surface area contributed by atoms with Crippen molar-refractivity contribution in [3.63, 3.8) is 0 Å². The molecule has 0 atom stereocenters. The van der Waals surface area contributed by atoms with Gasteiger partial charge in [-0.3, -0.25) is 20.2 Å². The predicted molar refractivity (Wildman–Crippen MR) is 78.7 cm³/mol. The summed E-state index contributed by atoms with van der Waals surface area (Å²) in [5.74, 6) is 5.13. The van der Waals surface area contributed by atoms with Gasteiger partial charge in [0.05, 0.1) is 17.0 Å². The summed E-state index contributed by atoms with van der Waals surface area (Å²) in [6.07, 6.45) is 0. The monoisotopic (exact) mass is 298 g/mol. The number of methoxy groups -OCH3 is 1. The van der Waals surface area contributed by atoms with E-state index in [1.807, 2.05) is 0 Å². The molecule has 0 aliphatic rings. The number of nitro groups is 2. The van der Waals surface area contributed by atoms with E-state index in [0.717, 1.165) is 6.07 Å². The van der Waals surface area contributed by atoms with Gasteiger partial charge in [0.25, 0.3) is 5.69 Å². The first-order valence-corrected chi connectivity index (χ1v) is 6.11. The molecule has 2 aromatic rings. The average Bonchev–Trinajstić information content (AvgIpc) is 2.52. The average molecular weight is 298 g/mol. The summed E-state index contributed by atoms with van der Waals surface area (Å²) in [7, 11) is 1.25. The number of rotatable bonds is 3. The number of hydrogen-bond donors (Lipinski definition) is 0. The molecule has 0 aliphatic heterocycles. The summed E-state index contributed by atoms with van der Waals surface area (Å²) in [5.41, 5.74) is -0.636. The van der Waals surface area contributed by atoms with Gasteiger partial charge in [0.1, 0.15) is 0 Å². The van der Waals surface area contributed by atoms with Crippen LogP contribution in [-0.2, 0) is 0 Å². The Labute approximate surface area is 125 Å². The smallest absolute Gasteiger partial charge is 0.333 e. The van der Waals surface area contributed by atoms with E-state index in [2.05, 4.69) is 11.8 Å². The Balaban J connectivity index is 2.68. The highest BCUT2D eigenvalue weighted by Gasteiger charge is 2.28. The molecule has 0 saturated heterocycles. The molecule has 7 heteroatoms. The van der Waals surface area contributed by atoms with Gasteiger partial charge in [-0.15, -0.1) is 0 Å². The number of ether oxygens (including phenoxy) is 1. The Morgan fingerprint density at radius 1 is 0.955 bits per heavy atom. The van der Waals surface area contributed by atoms with Gasteiger partial charge in [-0.2, -0.15) is 0 Å². The first-order valence-electron chi connectivity index (χ1n) is 6.11. The van der Waals surface area contributed by atoms with Crippen LogP contribution in [0.3, 0.4) is 0 Å². The van der Waals surface area contributed by atoms with E-state index in [1.54, 1.807) is 30.3 Å². The lowest BCUT2D eigenvalue weighted by Crippen LogP contribution is -2.01. The minimum Gasteiger partial charge on any atom is -0.490 e. The van der Waals surface area contributed by atoms with Gasteiger partial charge < -0.3 is 4.74 Å². The van der Waals surface area contributed by atoms with E-state index in [-0.39, 0.29) is 11.3 Å². The van der Waals surface area contributed by atoms with Gasteiger partial charge in [0, 0.05) is 11.6 Å². The third kappa shape index (κ3) is 3.02. The molecule has 0 aliphatic carbocycles. The fourth-order valence-corrected chi connectivity index (χ4v) is 1.84. The highest BCUT2D eigenvalue weighted by Crippen LogP contribution is 2.36. The fraction of sp³-hybridized carbons (Fsp3) is 0.0667. The maximum atomic E-state index is 11.2. The summed E-state index contributed by atoms with van der Waals surface area (Å²) in [5, 5.41) is 22.3. The lowest BCUT2D eigenvalue weighted by atomic mass is 10.1. The van der Waals surface area contributed by atoms with Gasteiger partial charge in [-0.05, 0) is 24.1 Å². The molecular weight excluding hydrogens is 288 g/mol. The molecule has 0 radical (unpaired) electrons. The van der Waals surface area contributed by atoms with Gasteiger partial charge in [0.2, 0.25) is 0 Å². The van der Waals surface area contributed by atoms with Gasteiger partial charge in [0.15, 0.2) is 11.3 Å². The maximum absolute atomic E-state index is 11.2. The molecule has 7 nitrogen and oxygen atoms in total. The standard InChI is InChI=1S/C15H10N2O5/c1-22-14-10-9-13(16(18)19)12(15(14)17(20)21)8-7-11-5-3-2-4-6-11/h2-6,9-10H,1H3. The van der Waals surface area contributed by atoms with Crippen LogP contribution >= 0.6 is 0 Å². The van der Waals surface area contributed by atoms with Crippen LogP contribution in [0.2, 0.25) is 0 Å². The molecule has 2 rings (SSSR count). The Bertz CT molecular complexity index is 791. The number of nitrogens with zero attached hydrogens (tertiary/aromatic N) is 2. The Morgan fingerprint density at radius 3 is 2.18 bits per heavy atom. The zero-order valence-corrected chi connectivity index (χ0v) is 11.5. The SMILES string of the molecule is COc1ccc([N+](=O)[O-])c(C#Cc2ccccc2)c1[N+](=O)[O-]. The molecule has 0 spiro atoms. The van der Waals surface area contributed by atoms with Crippen LogP contribution in [0.4, 0.5) is 11.4 Å². The van der Waals surface area contributed by atoms with Crippen molar-refractivity contribution in [1.82, 2.24) is 0 Å². The maximum Gasteiger partial charge on any atom is 0.333 e. The third-order valence-electron chi connectivity index (χ3n) is 2.82. The van der Waals surface area contributed by atoms with Crippen LogP contribution in [0.5, 0.6) is 5.75 Å². The number of benzene rings is 2. The molecule has 0 unspecified atom stereocenters. The fourth-order valence-electron chi connectivity index (χ4n) is 1.84. The van der Waals surface area contributed by atoms with Crippen LogP contribution in [0.15, 0.2) is 42.5 Å². The summed E-state index contributed by atoms with van der Waals surface area (Å²) >= 11 is 0. The predicted octanol–water partition coefficient (Wildman–Crippen LogP) is 2.91. The molecule has 0 saturated carbocycles. The third-order valence-corrected chi connectivity index (χ3v) is 2.82. The highest BCUT2D eigenvalue weighted by atomic mass is 16.6. The van der Waals surface area contributed by atoms with Crippen molar-refractivity contribution in [3.05, 3.63) is 73.8 Å². The van der Waals surface area contributed by atoms with Crippen molar-refractivity contribution >= 4 is 11.4 Å². The summed E-state index contributed by atoms with van der Waals surface area (Å²) in [6.45, 7) is 0. The van der Waals surface area contributed by atoms with Gasteiger partial charge in [-0.1, -0.05) is 24.1 Å². The molecule has 0 bridgehead atoms. The first-order chi connectivity index (χ1) is 10.5. The Hall–Kier alpha value is -3.40. The van der Waals surface area contributed by atoms with Gasteiger partial charge >= 0.3 is 5.69 Å². The topological polar surface area (TPSA) is 95.5 Å². The van der Waals surface area contributed by atoms with E-state index >= 15 is 0 Å². The summed E-state index contributed by atoms with van der Waals surface area (Å²) in [4.78, 5) is 20.9. The van der Waals surface area contributed by atoms with Gasteiger partial charge in [-0.25, -0.2) is 0 Å². The van der Waals surface area contributed by atoms with Crippen LogP contribution in [0, 0.1) is 32.1 Å². The van der Waals surface area contributed by atoms with E-state index in [0.29, 0.717) is 5.56 Å². The molecular formula is C15H10N2O5. The quantitative estimate of drug-likeness (QED) is 0.493. The molecule has 22 heavy (non-hydrogen) atoms. The largest absolute Gasteiger partial charge is 0.490 e. The molecule has 110 valence electrons. The van der Waals surface area contributed by atoms with Crippen molar-refractivity contribution in [1.29, 1.82) is 0 Å². The highest BCUT2D eigenvalue weighted by molar-refractivity contribution is 5.69. The van der Waals surface area contributed by atoms with Crippen LogP contribution in [0.25, 0.3) is 0 Å². The lowest BCUT2D eigenvalue weighted by molar-refractivity contribution is -0.395. The van der Waals surface area contributed by atoms with Crippen LogP contribution < -0.4 is 4.74 Å². The van der Waals surface area contributed by atoms with E-state index in [4.69, 9.17) is 4.74 Å². The van der Waals surface area contributed by atoms with Crippen LogP contribution in [-0.4, -0.2) is 17.0 Å². The molecule has 0 aromatic heterocycles. The second kappa shape index (κ2) is 6.37. The Morgan fingerprint density at radius 2 is 1.64 bits per heavy atom. The molecule has 2 aromatic carbocycles. The second-order valence-corrected chi connectivity index (χ2v) is 4.14. The minimum absolute atomic E-state index is 0.0760. The van der Waals surface area contributed by atoms with E-state index in [9.17, 15) is 20.2 Å². The zero-order chi connectivity index (χ0) is 16.1. The van der Waals surface area contributed by atoms with E-state index in [1.165, 1.54) is 13.2 Å². The molecule has 0 N–H and O–H groups in total. The van der Waals surface area contributed by atoms with Crippen molar-refractivity contribution < 1.29 is 14.6 Å². The van der Waals surface area contributed by atoms with Crippen molar-refractivity contribution in [2.75, 3.05) is 7.11 Å². The lowest BCUT2D eigenvalue weighted by Gasteiger charge is -2.03. The second-order valence-electron chi connectivity index (χ2n) is 4.14. The normalized spacial score (nSPS) is 9.50.